The van der Waals surface area contributed by atoms with Crippen molar-refractivity contribution in [2.24, 2.45) is 0 Å². The third-order valence-corrected chi connectivity index (χ3v) is 4.20. The second-order valence-corrected chi connectivity index (χ2v) is 5.99. The zero-order valence-corrected chi connectivity index (χ0v) is 12.8. The molecule has 6 heteroatoms. The number of nitrogens with zero attached hydrogens (tertiary/aromatic N) is 3. The molecule has 0 aliphatic carbocycles. The van der Waals surface area contributed by atoms with E-state index >= 15 is 0 Å². The van der Waals surface area contributed by atoms with Crippen molar-refractivity contribution >= 4 is 39.1 Å². The van der Waals surface area contributed by atoms with E-state index in [2.05, 4.69) is 26.1 Å². The molecule has 0 radical (unpaired) electrons. The second kappa shape index (κ2) is 5.76. The molecule has 0 unspecified atom stereocenters. The summed E-state index contributed by atoms with van der Waals surface area (Å²) >= 11 is 4.76. The van der Waals surface area contributed by atoms with Gasteiger partial charge in [0.1, 0.15) is 0 Å². The summed E-state index contributed by atoms with van der Waals surface area (Å²) < 4.78 is 2.78. The molecule has 0 aliphatic rings. The average molecular weight is 348 g/mol. The molecule has 0 aliphatic heterocycles. The van der Waals surface area contributed by atoms with Crippen LogP contribution in [-0.2, 0) is 0 Å². The van der Waals surface area contributed by atoms with Gasteiger partial charge in [0.25, 0.3) is 0 Å². The molecule has 20 heavy (non-hydrogen) atoms. The lowest BCUT2D eigenvalue weighted by Gasteiger charge is -2.01. The van der Waals surface area contributed by atoms with Crippen LogP contribution in [0.4, 0.5) is 0 Å². The lowest BCUT2D eigenvalue weighted by molar-refractivity contribution is 0.102. The van der Waals surface area contributed by atoms with Crippen LogP contribution in [-0.4, -0.2) is 26.1 Å². The zero-order chi connectivity index (χ0) is 13.9. The number of thioether (sulfide) groups is 1. The number of rotatable bonds is 4. The SMILES string of the molecule is O=C(CSc1nnc2ccccn12)c1cccc(Br)c1. The average Bonchev–Trinajstić information content (AvgIpc) is 2.88. The van der Waals surface area contributed by atoms with Gasteiger partial charge in [-0.1, -0.05) is 45.9 Å². The van der Waals surface area contributed by atoms with E-state index in [4.69, 9.17) is 0 Å². The Hall–Kier alpha value is -1.66. The van der Waals surface area contributed by atoms with Crippen molar-refractivity contribution in [3.05, 3.63) is 58.7 Å². The van der Waals surface area contributed by atoms with Gasteiger partial charge in [0.2, 0.25) is 0 Å². The fourth-order valence-corrected chi connectivity index (χ4v) is 3.01. The van der Waals surface area contributed by atoms with Gasteiger partial charge in [-0.3, -0.25) is 9.20 Å². The molecular formula is C14H10BrN3OS. The molecule has 2 heterocycles. The van der Waals surface area contributed by atoms with Gasteiger partial charge in [0, 0.05) is 16.2 Å². The Morgan fingerprint density at radius 2 is 2.10 bits per heavy atom. The van der Waals surface area contributed by atoms with E-state index in [0.717, 1.165) is 15.3 Å². The van der Waals surface area contributed by atoms with Crippen molar-refractivity contribution in [3.8, 4) is 0 Å². The summed E-state index contributed by atoms with van der Waals surface area (Å²) in [7, 11) is 0. The minimum absolute atomic E-state index is 0.0731. The largest absolute Gasteiger partial charge is 0.293 e. The minimum Gasteiger partial charge on any atom is -0.293 e. The minimum atomic E-state index is 0.0731. The third kappa shape index (κ3) is 2.76. The molecule has 0 atom stereocenters. The number of hydrogen-bond acceptors (Lipinski definition) is 4. The van der Waals surface area contributed by atoms with Crippen molar-refractivity contribution in [1.82, 2.24) is 14.6 Å². The number of fused-ring (bicyclic) bond motifs is 1. The molecule has 3 rings (SSSR count). The second-order valence-electron chi connectivity index (χ2n) is 4.13. The summed E-state index contributed by atoms with van der Waals surface area (Å²) in [5, 5.41) is 8.88. The molecule has 2 aromatic heterocycles. The molecule has 1 aromatic carbocycles. The van der Waals surface area contributed by atoms with Crippen LogP contribution in [0.1, 0.15) is 10.4 Å². The molecule has 0 fully saturated rings. The van der Waals surface area contributed by atoms with E-state index in [-0.39, 0.29) is 5.78 Å². The number of aromatic nitrogens is 3. The van der Waals surface area contributed by atoms with E-state index < -0.39 is 0 Å². The summed E-state index contributed by atoms with van der Waals surface area (Å²) in [6.07, 6.45) is 1.89. The number of hydrogen-bond donors (Lipinski definition) is 0. The Kier molecular flexibility index (Phi) is 3.84. The standard InChI is InChI=1S/C14H10BrN3OS/c15-11-5-3-4-10(8-11)12(19)9-20-14-17-16-13-6-1-2-7-18(13)14/h1-8H,9H2. The van der Waals surface area contributed by atoms with E-state index in [0.29, 0.717) is 11.3 Å². The van der Waals surface area contributed by atoms with Gasteiger partial charge in [0.15, 0.2) is 16.6 Å². The maximum absolute atomic E-state index is 12.1. The highest BCUT2D eigenvalue weighted by molar-refractivity contribution is 9.10. The Morgan fingerprint density at radius 3 is 2.95 bits per heavy atom. The summed E-state index contributed by atoms with van der Waals surface area (Å²) in [4.78, 5) is 12.1. The number of halogens is 1. The summed E-state index contributed by atoms with van der Waals surface area (Å²) in [5.41, 5.74) is 1.48. The fraction of sp³-hybridized carbons (Fsp3) is 0.0714. The van der Waals surface area contributed by atoms with E-state index in [9.17, 15) is 4.79 Å². The van der Waals surface area contributed by atoms with E-state index in [1.54, 1.807) is 0 Å². The number of carbonyl (C=O) groups is 1. The van der Waals surface area contributed by atoms with Crippen LogP contribution in [0.15, 0.2) is 58.3 Å². The maximum atomic E-state index is 12.1. The monoisotopic (exact) mass is 347 g/mol. The molecular weight excluding hydrogens is 338 g/mol. The van der Waals surface area contributed by atoms with Gasteiger partial charge >= 0.3 is 0 Å². The zero-order valence-electron chi connectivity index (χ0n) is 10.4. The Labute approximate surface area is 128 Å². The van der Waals surface area contributed by atoms with Crippen LogP contribution in [0.25, 0.3) is 5.65 Å². The molecule has 4 nitrogen and oxygen atoms in total. The molecule has 0 spiro atoms. The van der Waals surface area contributed by atoms with Crippen molar-refractivity contribution in [1.29, 1.82) is 0 Å². The van der Waals surface area contributed by atoms with Crippen molar-refractivity contribution in [2.75, 3.05) is 5.75 Å². The Balaban J connectivity index is 1.75. The topological polar surface area (TPSA) is 47.3 Å². The first-order valence-corrected chi connectivity index (χ1v) is 7.73. The smallest absolute Gasteiger partial charge is 0.196 e. The van der Waals surface area contributed by atoms with Crippen molar-refractivity contribution in [2.45, 2.75) is 5.16 Å². The fourth-order valence-electron chi connectivity index (χ4n) is 1.79. The molecule has 0 saturated heterocycles. The predicted octanol–water partition coefficient (Wildman–Crippen LogP) is 3.47. The molecule has 0 saturated carbocycles. The Morgan fingerprint density at radius 1 is 1.20 bits per heavy atom. The van der Waals surface area contributed by atoms with Crippen LogP contribution in [0, 0.1) is 0 Å². The third-order valence-electron chi connectivity index (χ3n) is 2.76. The highest BCUT2D eigenvalue weighted by Crippen LogP contribution is 2.19. The van der Waals surface area contributed by atoms with Gasteiger partial charge in [-0.25, -0.2) is 0 Å². The first-order chi connectivity index (χ1) is 9.74. The summed E-state index contributed by atoms with van der Waals surface area (Å²) in [5.74, 6) is 0.413. The molecule has 100 valence electrons. The molecule has 3 aromatic rings. The maximum Gasteiger partial charge on any atom is 0.196 e. The van der Waals surface area contributed by atoms with Gasteiger partial charge in [-0.2, -0.15) is 0 Å². The van der Waals surface area contributed by atoms with Gasteiger partial charge < -0.3 is 0 Å². The number of carbonyl (C=O) groups excluding carboxylic acids is 1. The van der Waals surface area contributed by atoms with E-state index in [1.165, 1.54) is 11.8 Å². The van der Waals surface area contributed by atoms with Crippen molar-refractivity contribution in [3.63, 3.8) is 0 Å². The van der Waals surface area contributed by atoms with Crippen molar-refractivity contribution < 1.29 is 4.79 Å². The molecule has 0 bridgehead atoms. The lowest BCUT2D eigenvalue weighted by atomic mass is 10.2. The van der Waals surface area contributed by atoms with Gasteiger partial charge in [-0.05, 0) is 24.3 Å². The van der Waals surface area contributed by atoms with Crippen LogP contribution in [0.5, 0.6) is 0 Å². The highest BCUT2D eigenvalue weighted by atomic mass is 79.9. The number of ketones is 1. The van der Waals surface area contributed by atoms with Crippen LogP contribution in [0.2, 0.25) is 0 Å². The quantitative estimate of drug-likeness (QED) is 0.535. The highest BCUT2D eigenvalue weighted by Gasteiger charge is 2.10. The summed E-state index contributed by atoms with van der Waals surface area (Å²) in [6, 6.07) is 13.1. The first-order valence-electron chi connectivity index (χ1n) is 5.95. The number of pyridine rings is 1. The van der Waals surface area contributed by atoms with E-state index in [1.807, 2.05) is 53.1 Å². The van der Waals surface area contributed by atoms with Gasteiger partial charge in [0.05, 0.1) is 5.75 Å². The Bertz CT molecular complexity index is 772. The molecule has 0 N–H and O–H groups in total. The predicted molar refractivity (Wildman–Crippen MR) is 82.2 cm³/mol. The number of benzene rings is 1. The van der Waals surface area contributed by atoms with Crippen LogP contribution < -0.4 is 0 Å². The first kappa shape index (κ1) is 13.3. The molecule has 0 amide bonds. The number of Topliss-reactive ketones (excluding diaryl/α,β-unsaturated/α-hetero) is 1. The van der Waals surface area contributed by atoms with Crippen LogP contribution >= 0.6 is 27.7 Å². The summed E-state index contributed by atoms with van der Waals surface area (Å²) in [6.45, 7) is 0. The van der Waals surface area contributed by atoms with Crippen LogP contribution in [0.3, 0.4) is 0 Å². The van der Waals surface area contributed by atoms with Gasteiger partial charge in [-0.15, -0.1) is 10.2 Å². The normalized spacial score (nSPS) is 10.8. The lowest BCUT2D eigenvalue weighted by Crippen LogP contribution is -2.03.